The molecule has 196 valence electrons. The van der Waals surface area contributed by atoms with E-state index in [2.05, 4.69) is 36.8 Å². The Morgan fingerprint density at radius 1 is 1.14 bits per heavy atom. The van der Waals surface area contributed by atoms with Gasteiger partial charge in [0.05, 0.1) is 37.9 Å². The van der Waals surface area contributed by atoms with Crippen LogP contribution >= 0.6 is 12.2 Å². The fourth-order valence-electron chi connectivity index (χ4n) is 4.77. The Kier molecular flexibility index (Phi) is 7.65. The number of methoxy groups -OCH3 is 1. The molecule has 0 unspecified atom stereocenters. The van der Waals surface area contributed by atoms with E-state index in [9.17, 15) is 4.79 Å². The lowest BCUT2D eigenvalue weighted by atomic mass is 10.1. The highest BCUT2D eigenvalue weighted by Crippen LogP contribution is 2.32. The van der Waals surface area contributed by atoms with Crippen molar-refractivity contribution < 1.29 is 14.3 Å². The number of nitrogens with zero attached hydrogens (tertiary/aromatic N) is 6. The molecule has 0 atom stereocenters. The van der Waals surface area contributed by atoms with Gasteiger partial charge in [-0.05, 0) is 56.2 Å². The summed E-state index contributed by atoms with van der Waals surface area (Å²) >= 11 is 5.51. The number of rotatable bonds is 5. The lowest BCUT2D eigenvalue weighted by Gasteiger charge is -2.34. The molecule has 2 aliphatic heterocycles. The van der Waals surface area contributed by atoms with Gasteiger partial charge in [0.25, 0.3) is 0 Å². The van der Waals surface area contributed by atoms with Crippen molar-refractivity contribution in [1.82, 2.24) is 30.0 Å². The van der Waals surface area contributed by atoms with Crippen LogP contribution in [-0.2, 0) is 9.47 Å². The van der Waals surface area contributed by atoms with Crippen molar-refractivity contribution in [3.8, 4) is 11.4 Å². The van der Waals surface area contributed by atoms with Gasteiger partial charge in [-0.1, -0.05) is 0 Å². The Hall–Kier alpha value is -3.51. The molecule has 12 heteroatoms. The zero-order valence-electron chi connectivity index (χ0n) is 21.1. The van der Waals surface area contributed by atoms with Crippen LogP contribution in [0.2, 0.25) is 0 Å². The van der Waals surface area contributed by atoms with Crippen LogP contribution in [0.4, 0.5) is 16.3 Å². The number of aromatic nitrogens is 4. The molecular formula is C25H32N8O3S. The topological polar surface area (TPSA) is 110 Å². The fraction of sp³-hybridized carbons (Fsp3) is 0.480. The molecule has 3 aromatic rings. The first-order chi connectivity index (χ1) is 18.1. The second-order valence-electron chi connectivity index (χ2n) is 9.04. The summed E-state index contributed by atoms with van der Waals surface area (Å²) in [4.78, 5) is 26.0. The number of thiocarbonyl (C=S) groups is 1. The number of carbonyl (C=O) groups is 1. The molecule has 2 fully saturated rings. The fourth-order valence-corrected chi connectivity index (χ4v) is 5.10. The molecule has 0 aliphatic carbocycles. The number of benzene rings is 1. The van der Waals surface area contributed by atoms with Gasteiger partial charge in [0.1, 0.15) is 5.82 Å². The van der Waals surface area contributed by atoms with Crippen molar-refractivity contribution in [3.05, 3.63) is 30.5 Å². The zero-order chi connectivity index (χ0) is 25.8. The van der Waals surface area contributed by atoms with E-state index >= 15 is 0 Å². The number of hydrogen-bond donors (Lipinski definition) is 2. The standard InChI is InChI=1S/C25H32N8O3S/c1-3-26-24(37)32-10-8-19(9-11-32)33-23-20(16-27-33)22(31-12-14-36-15-13-31)29-21(30-23)17-4-6-18(7-5-17)28-25(34)35-2/h4-7,16,19H,3,8-15H2,1-2H3,(H,26,37)(H,28,34). The first kappa shape index (κ1) is 25.2. The van der Waals surface area contributed by atoms with Crippen molar-refractivity contribution in [2.75, 3.05) is 63.3 Å². The van der Waals surface area contributed by atoms with Crippen LogP contribution in [-0.4, -0.2) is 88.9 Å². The van der Waals surface area contributed by atoms with Gasteiger partial charge in [-0.2, -0.15) is 5.10 Å². The summed E-state index contributed by atoms with van der Waals surface area (Å²) in [6.07, 6.45) is 3.24. The minimum Gasteiger partial charge on any atom is -0.453 e. The van der Waals surface area contributed by atoms with Gasteiger partial charge >= 0.3 is 6.09 Å². The molecule has 2 aromatic heterocycles. The summed E-state index contributed by atoms with van der Waals surface area (Å²) in [5.74, 6) is 1.49. The molecule has 2 N–H and O–H groups in total. The summed E-state index contributed by atoms with van der Waals surface area (Å²) in [6, 6.07) is 7.65. The van der Waals surface area contributed by atoms with Gasteiger partial charge in [0.2, 0.25) is 0 Å². The second-order valence-corrected chi connectivity index (χ2v) is 9.43. The molecule has 0 radical (unpaired) electrons. The molecule has 1 aromatic carbocycles. The summed E-state index contributed by atoms with van der Waals surface area (Å²) < 4.78 is 12.3. The number of nitrogens with one attached hydrogen (secondary N) is 2. The molecule has 0 bridgehead atoms. The summed E-state index contributed by atoms with van der Waals surface area (Å²) in [6.45, 7) is 7.48. The largest absolute Gasteiger partial charge is 0.453 e. The number of fused-ring (bicyclic) bond motifs is 1. The van der Waals surface area contributed by atoms with Crippen LogP contribution in [0.15, 0.2) is 30.5 Å². The number of likely N-dealkylation sites (tertiary alicyclic amines) is 1. The Bertz CT molecular complexity index is 1250. The van der Waals surface area contributed by atoms with Crippen LogP contribution in [0.1, 0.15) is 25.8 Å². The van der Waals surface area contributed by atoms with Crippen LogP contribution in [0.5, 0.6) is 0 Å². The number of ether oxygens (including phenoxy) is 2. The smallest absolute Gasteiger partial charge is 0.411 e. The van der Waals surface area contributed by atoms with Crippen LogP contribution in [0.3, 0.4) is 0 Å². The van der Waals surface area contributed by atoms with E-state index in [1.54, 1.807) is 0 Å². The monoisotopic (exact) mass is 524 g/mol. The molecule has 4 heterocycles. The molecule has 0 saturated carbocycles. The molecule has 2 saturated heterocycles. The van der Waals surface area contributed by atoms with Crippen LogP contribution < -0.4 is 15.5 Å². The first-order valence-electron chi connectivity index (χ1n) is 12.6. The number of piperidine rings is 1. The molecule has 5 rings (SSSR count). The Labute approximate surface area is 221 Å². The first-order valence-corrected chi connectivity index (χ1v) is 13.0. The molecule has 1 amide bonds. The third-order valence-corrected chi connectivity index (χ3v) is 7.15. The maximum atomic E-state index is 11.6. The van der Waals surface area contributed by atoms with E-state index in [4.69, 9.17) is 32.0 Å². The normalized spacial score (nSPS) is 16.6. The molecule has 11 nitrogen and oxygen atoms in total. The maximum Gasteiger partial charge on any atom is 0.411 e. The number of morpholine rings is 1. The highest BCUT2D eigenvalue weighted by atomic mass is 32.1. The quantitative estimate of drug-likeness (QED) is 0.483. The Morgan fingerprint density at radius 2 is 1.86 bits per heavy atom. The maximum absolute atomic E-state index is 11.6. The van der Waals surface area contributed by atoms with E-state index in [-0.39, 0.29) is 6.04 Å². The molecular weight excluding hydrogens is 492 g/mol. The lowest BCUT2D eigenvalue weighted by Crippen LogP contribution is -2.44. The highest BCUT2D eigenvalue weighted by molar-refractivity contribution is 7.80. The minimum absolute atomic E-state index is 0.227. The van der Waals surface area contributed by atoms with E-state index in [1.807, 2.05) is 30.5 Å². The van der Waals surface area contributed by atoms with E-state index in [0.717, 1.165) is 73.1 Å². The SMILES string of the molecule is CCNC(=S)N1CCC(n2ncc3c(N4CCOCC4)nc(-c4ccc(NC(=O)OC)cc4)nc32)CC1. The molecule has 0 spiro atoms. The van der Waals surface area contributed by atoms with Gasteiger partial charge in [0, 0.05) is 44.0 Å². The third-order valence-electron chi connectivity index (χ3n) is 6.74. The zero-order valence-corrected chi connectivity index (χ0v) is 22.0. The van der Waals surface area contributed by atoms with Crippen molar-refractivity contribution in [3.63, 3.8) is 0 Å². The van der Waals surface area contributed by atoms with E-state index in [0.29, 0.717) is 24.7 Å². The summed E-state index contributed by atoms with van der Waals surface area (Å²) in [7, 11) is 1.34. The second kappa shape index (κ2) is 11.3. The van der Waals surface area contributed by atoms with Crippen molar-refractivity contribution >= 4 is 46.0 Å². The van der Waals surface area contributed by atoms with Crippen molar-refractivity contribution in [2.45, 2.75) is 25.8 Å². The van der Waals surface area contributed by atoms with Crippen molar-refractivity contribution in [1.29, 1.82) is 0 Å². The number of amides is 1. The third kappa shape index (κ3) is 5.44. The minimum atomic E-state index is -0.513. The molecule has 37 heavy (non-hydrogen) atoms. The van der Waals surface area contributed by atoms with E-state index < -0.39 is 6.09 Å². The Balaban J connectivity index is 1.47. The van der Waals surface area contributed by atoms with E-state index in [1.165, 1.54) is 7.11 Å². The van der Waals surface area contributed by atoms with Gasteiger partial charge in [-0.25, -0.2) is 19.4 Å². The predicted octanol–water partition coefficient (Wildman–Crippen LogP) is 3.04. The summed E-state index contributed by atoms with van der Waals surface area (Å²) in [5.41, 5.74) is 2.32. The average molecular weight is 525 g/mol. The lowest BCUT2D eigenvalue weighted by molar-refractivity contribution is 0.122. The number of anilines is 2. The predicted molar refractivity (Wildman–Crippen MR) is 146 cm³/mol. The van der Waals surface area contributed by atoms with Gasteiger partial charge in [0.15, 0.2) is 16.6 Å². The summed E-state index contributed by atoms with van der Waals surface area (Å²) in [5, 5.41) is 12.5. The highest BCUT2D eigenvalue weighted by Gasteiger charge is 2.27. The van der Waals surface area contributed by atoms with Crippen molar-refractivity contribution in [2.24, 2.45) is 0 Å². The van der Waals surface area contributed by atoms with Crippen LogP contribution in [0.25, 0.3) is 22.4 Å². The number of hydrogen-bond acceptors (Lipinski definition) is 8. The number of carbonyl (C=O) groups excluding carboxylic acids is 1. The Morgan fingerprint density at radius 3 is 2.54 bits per heavy atom. The van der Waals surface area contributed by atoms with Gasteiger partial charge in [-0.15, -0.1) is 0 Å². The average Bonchev–Trinajstić information content (AvgIpc) is 3.37. The molecule has 2 aliphatic rings. The van der Waals surface area contributed by atoms with Crippen LogP contribution in [0, 0.1) is 0 Å². The van der Waals surface area contributed by atoms with Gasteiger partial charge < -0.3 is 24.6 Å². The van der Waals surface area contributed by atoms with Gasteiger partial charge in [-0.3, -0.25) is 5.32 Å².